The molecule has 0 amide bonds. The first-order chi connectivity index (χ1) is 8.06. The molecule has 2 unspecified atom stereocenters. The first kappa shape index (κ1) is 14.7. The Morgan fingerprint density at radius 3 is 2.53 bits per heavy atom. The van der Waals surface area contributed by atoms with Crippen molar-refractivity contribution >= 4 is 15.9 Å². The largest absolute Gasteiger partial charge is 0.319 e. The van der Waals surface area contributed by atoms with Gasteiger partial charge < -0.3 is 5.32 Å². The van der Waals surface area contributed by atoms with Crippen LogP contribution in [0.15, 0.2) is 28.7 Å². The van der Waals surface area contributed by atoms with Crippen molar-refractivity contribution in [2.24, 2.45) is 5.92 Å². The first-order valence-electron chi connectivity index (χ1n) is 6.14. The maximum absolute atomic E-state index is 3.60. The van der Waals surface area contributed by atoms with Crippen LogP contribution in [0.1, 0.15) is 19.4 Å². The molecule has 0 spiro atoms. The fourth-order valence-corrected chi connectivity index (χ4v) is 2.38. The van der Waals surface area contributed by atoms with Crippen molar-refractivity contribution in [3.05, 3.63) is 34.3 Å². The Balaban J connectivity index is 2.60. The van der Waals surface area contributed by atoms with Crippen LogP contribution in [0.3, 0.4) is 0 Å². The molecular formula is C14H23BrN2. The van der Waals surface area contributed by atoms with E-state index in [1.165, 1.54) is 10.0 Å². The molecule has 0 saturated heterocycles. The van der Waals surface area contributed by atoms with E-state index < -0.39 is 0 Å². The van der Waals surface area contributed by atoms with E-state index in [1.54, 1.807) is 0 Å². The summed E-state index contributed by atoms with van der Waals surface area (Å²) in [7, 11) is 4.20. The average molecular weight is 299 g/mol. The number of halogens is 1. The van der Waals surface area contributed by atoms with Gasteiger partial charge in [0.15, 0.2) is 0 Å². The molecule has 0 fully saturated rings. The molecule has 2 nitrogen and oxygen atoms in total. The molecule has 0 aliphatic carbocycles. The van der Waals surface area contributed by atoms with Crippen LogP contribution in [0.25, 0.3) is 0 Å². The van der Waals surface area contributed by atoms with E-state index in [9.17, 15) is 0 Å². The number of benzene rings is 1. The fourth-order valence-electron chi connectivity index (χ4n) is 1.97. The van der Waals surface area contributed by atoms with Crippen LogP contribution in [0.5, 0.6) is 0 Å². The summed E-state index contributed by atoms with van der Waals surface area (Å²) in [5, 5.41) is 3.24. The molecule has 17 heavy (non-hydrogen) atoms. The van der Waals surface area contributed by atoms with E-state index in [2.05, 4.69) is 71.3 Å². The fraction of sp³-hybridized carbons (Fsp3) is 0.571. The van der Waals surface area contributed by atoms with Crippen LogP contribution < -0.4 is 5.32 Å². The minimum Gasteiger partial charge on any atom is -0.319 e. The number of rotatable bonds is 6. The number of nitrogens with one attached hydrogen (secondary N) is 1. The lowest BCUT2D eigenvalue weighted by molar-refractivity contribution is 0.190. The highest BCUT2D eigenvalue weighted by Gasteiger charge is 2.16. The number of nitrogens with zero attached hydrogens (tertiary/aromatic N) is 1. The molecule has 0 aromatic heterocycles. The molecule has 1 rings (SSSR count). The van der Waals surface area contributed by atoms with Gasteiger partial charge in [-0.25, -0.2) is 0 Å². The minimum absolute atomic E-state index is 0.564. The maximum Gasteiger partial charge on any atom is 0.0244 e. The molecule has 1 aromatic carbocycles. The van der Waals surface area contributed by atoms with Gasteiger partial charge in [-0.3, -0.25) is 4.90 Å². The van der Waals surface area contributed by atoms with Crippen molar-refractivity contribution in [2.45, 2.75) is 26.4 Å². The minimum atomic E-state index is 0.564. The van der Waals surface area contributed by atoms with Crippen molar-refractivity contribution in [1.29, 1.82) is 0 Å². The Hall–Kier alpha value is -0.380. The summed E-state index contributed by atoms with van der Waals surface area (Å²) in [5.41, 5.74) is 1.35. The zero-order chi connectivity index (χ0) is 12.8. The van der Waals surface area contributed by atoms with E-state index in [0.717, 1.165) is 13.1 Å². The molecule has 0 radical (unpaired) electrons. The monoisotopic (exact) mass is 298 g/mol. The summed E-state index contributed by atoms with van der Waals surface area (Å²) in [4.78, 5) is 2.40. The number of hydrogen-bond donors (Lipinski definition) is 1. The maximum atomic E-state index is 3.60. The van der Waals surface area contributed by atoms with Gasteiger partial charge in [0.05, 0.1) is 0 Å². The Labute approximate surface area is 114 Å². The lowest BCUT2D eigenvalue weighted by Crippen LogP contribution is -2.37. The molecule has 1 N–H and O–H groups in total. The second-order valence-electron chi connectivity index (χ2n) is 4.78. The van der Waals surface area contributed by atoms with E-state index in [4.69, 9.17) is 0 Å². The van der Waals surface area contributed by atoms with Gasteiger partial charge in [0, 0.05) is 17.1 Å². The SMILES string of the molecule is CNCC(C)C(C)N(C)Cc1ccccc1Br. The molecule has 0 heterocycles. The molecule has 0 aliphatic heterocycles. The van der Waals surface area contributed by atoms with Gasteiger partial charge in [-0.2, -0.15) is 0 Å². The van der Waals surface area contributed by atoms with Crippen molar-refractivity contribution in [3.8, 4) is 0 Å². The highest BCUT2D eigenvalue weighted by Crippen LogP contribution is 2.19. The van der Waals surface area contributed by atoms with Crippen molar-refractivity contribution in [2.75, 3.05) is 20.6 Å². The quantitative estimate of drug-likeness (QED) is 0.868. The topological polar surface area (TPSA) is 15.3 Å². The van der Waals surface area contributed by atoms with Gasteiger partial charge >= 0.3 is 0 Å². The van der Waals surface area contributed by atoms with E-state index >= 15 is 0 Å². The molecule has 0 aliphatic rings. The van der Waals surface area contributed by atoms with E-state index in [1.807, 2.05) is 7.05 Å². The summed E-state index contributed by atoms with van der Waals surface area (Å²) in [6, 6.07) is 8.99. The molecule has 96 valence electrons. The van der Waals surface area contributed by atoms with E-state index in [0.29, 0.717) is 12.0 Å². The third-order valence-corrected chi connectivity index (χ3v) is 4.20. The van der Waals surface area contributed by atoms with Gasteiger partial charge in [0.1, 0.15) is 0 Å². The third kappa shape index (κ3) is 4.41. The summed E-state index contributed by atoms with van der Waals surface area (Å²) in [6.07, 6.45) is 0. The highest BCUT2D eigenvalue weighted by atomic mass is 79.9. The van der Waals surface area contributed by atoms with Gasteiger partial charge in [0.2, 0.25) is 0 Å². The van der Waals surface area contributed by atoms with Crippen molar-refractivity contribution in [1.82, 2.24) is 10.2 Å². The number of hydrogen-bond acceptors (Lipinski definition) is 2. The second-order valence-corrected chi connectivity index (χ2v) is 5.64. The van der Waals surface area contributed by atoms with Crippen LogP contribution >= 0.6 is 15.9 Å². The second kappa shape index (κ2) is 7.14. The Kier molecular flexibility index (Phi) is 6.17. The predicted octanol–water partition coefficient (Wildman–Crippen LogP) is 3.12. The van der Waals surface area contributed by atoms with E-state index in [-0.39, 0.29) is 0 Å². The average Bonchev–Trinajstić information content (AvgIpc) is 2.31. The van der Waals surface area contributed by atoms with Crippen LogP contribution in [-0.2, 0) is 6.54 Å². The Morgan fingerprint density at radius 1 is 1.29 bits per heavy atom. The first-order valence-corrected chi connectivity index (χ1v) is 6.93. The molecule has 2 atom stereocenters. The standard InChI is InChI=1S/C14H23BrN2/c1-11(9-16-3)12(2)17(4)10-13-7-5-6-8-14(13)15/h5-8,11-12,16H,9-10H2,1-4H3. The van der Waals surface area contributed by atoms with Crippen LogP contribution in [0.4, 0.5) is 0 Å². The normalized spacial score (nSPS) is 14.9. The van der Waals surface area contributed by atoms with Crippen LogP contribution in [0.2, 0.25) is 0 Å². The molecular weight excluding hydrogens is 276 g/mol. The molecule has 0 bridgehead atoms. The van der Waals surface area contributed by atoms with Gasteiger partial charge in [0.25, 0.3) is 0 Å². The summed E-state index contributed by atoms with van der Waals surface area (Å²) >= 11 is 3.60. The van der Waals surface area contributed by atoms with Crippen LogP contribution in [-0.4, -0.2) is 31.6 Å². The summed E-state index contributed by atoms with van der Waals surface area (Å²) < 4.78 is 1.19. The van der Waals surface area contributed by atoms with Crippen molar-refractivity contribution < 1.29 is 0 Å². The zero-order valence-corrected chi connectivity index (χ0v) is 12.8. The van der Waals surface area contributed by atoms with Crippen LogP contribution in [0, 0.1) is 5.92 Å². The summed E-state index contributed by atoms with van der Waals surface area (Å²) in [6.45, 7) is 6.62. The predicted molar refractivity (Wildman–Crippen MR) is 78.2 cm³/mol. The Morgan fingerprint density at radius 2 is 1.94 bits per heavy atom. The summed E-state index contributed by atoms with van der Waals surface area (Å²) in [5.74, 6) is 0.646. The highest BCUT2D eigenvalue weighted by molar-refractivity contribution is 9.10. The third-order valence-electron chi connectivity index (χ3n) is 3.42. The van der Waals surface area contributed by atoms with Gasteiger partial charge in [-0.05, 0) is 45.1 Å². The lowest BCUT2D eigenvalue weighted by Gasteiger charge is -2.30. The van der Waals surface area contributed by atoms with Crippen molar-refractivity contribution in [3.63, 3.8) is 0 Å². The molecule has 3 heteroatoms. The molecule has 0 saturated carbocycles. The smallest absolute Gasteiger partial charge is 0.0244 e. The Bertz CT molecular complexity index is 341. The zero-order valence-electron chi connectivity index (χ0n) is 11.2. The molecule has 1 aromatic rings. The van der Waals surface area contributed by atoms with Gasteiger partial charge in [-0.1, -0.05) is 41.1 Å². The lowest BCUT2D eigenvalue weighted by atomic mass is 10.0. The van der Waals surface area contributed by atoms with Gasteiger partial charge in [-0.15, -0.1) is 0 Å².